The van der Waals surface area contributed by atoms with Gasteiger partial charge in [-0.25, -0.2) is 4.98 Å². The monoisotopic (exact) mass is 581 g/mol. The van der Waals surface area contributed by atoms with Gasteiger partial charge in [0.1, 0.15) is 18.3 Å². The fourth-order valence-electron chi connectivity index (χ4n) is 5.67. The zero-order valence-electron chi connectivity index (χ0n) is 19.8. The smallest absolute Gasteiger partial charge is 0.340 e. The number of aromatic nitrogens is 4. The van der Waals surface area contributed by atoms with Gasteiger partial charge in [0.2, 0.25) is 5.28 Å². The predicted octanol–water partition coefficient (Wildman–Crippen LogP) is 1.60. The Balaban J connectivity index is 1.36. The number of imidazole rings is 1. The number of aliphatic hydroxyl groups is 2. The first-order valence-corrected chi connectivity index (χ1v) is 16.0. The zero-order valence-corrected chi connectivity index (χ0v) is 22.4. The van der Waals surface area contributed by atoms with Gasteiger partial charge in [0, 0.05) is 13.1 Å². The van der Waals surface area contributed by atoms with Crippen LogP contribution in [-0.4, -0.2) is 88.3 Å². The van der Waals surface area contributed by atoms with E-state index >= 15 is 0 Å². The Hall–Kier alpha value is -1.18. The van der Waals surface area contributed by atoms with Gasteiger partial charge in [-0.1, -0.05) is 19.3 Å². The Morgan fingerprint density at radius 1 is 1.11 bits per heavy atom. The molecule has 37 heavy (non-hydrogen) atoms. The molecule has 3 fully saturated rings. The number of aliphatic hydroxyl groups excluding tert-OH is 2. The van der Waals surface area contributed by atoms with Crippen LogP contribution in [0.25, 0.3) is 11.2 Å². The number of ether oxygens (including phenoxy) is 1. The number of hydrogen-bond donors (Lipinski definition) is 5. The van der Waals surface area contributed by atoms with Gasteiger partial charge in [0.15, 0.2) is 29.1 Å². The number of anilines is 1. The van der Waals surface area contributed by atoms with E-state index in [1.54, 1.807) is 0 Å². The van der Waals surface area contributed by atoms with E-state index in [0.717, 1.165) is 19.5 Å². The van der Waals surface area contributed by atoms with E-state index in [1.807, 2.05) is 0 Å². The molecule has 1 spiro atoms. The molecule has 206 valence electrons. The maximum absolute atomic E-state index is 12.0. The van der Waals surface area contributed by atoms with Gasteiger partial charge in [0.05, 0.1) is 12.9 Å². The molecule has 1 aliphatic carbocycles. The van der Waals surface area contributed by atoms with E-state index in [-0.39, 0.29) is 16.3 Å². The summed E-state index contributed by atoms with van der Waals surface area (Å²) in [6.07, 6.45) is 3.04. The van der Waals surface area contributed by atoms with E-state index < -0.39 is 52.2 Å². The zero-order chi connectivity index (χ0) is 26.6. The summed E-state index contributed by atoms with van der Waals surface area (Å²) in [4.78, 5) is 42.9. The molecular weight excluding hydrogens is 552 g/mol. The number of nitrogens with zero attached hydrogens (tertiary/aromatic N) is 5. The maximum atomic E-state index is 12.0. The standard InChI is InChI=1S/C20H30ClN5O9P2/c21-19-23-16(25-7-6-20(9-25)4-2-1-3-5-20)13-17(24-19)26(10-22-13)18-15(28)14(27)12(35-18)8-34-37(32,33)11-36(29,30)31/h10,12,14-15,18,27-28H,1-9,11H2,(H,32,33)(H2,29,30,31)/t12-,14+,15+,18-/m1/s1. The first-order valence-electron chi connectivity index (χ1n) is 12.0. The molecule has 0 radical (unpaired) electrons. The fourth-order valence-corrected chi connectivity index (χ4v) is 8.40. The molecule has 17 heteroatoms. The SMILES string of the molecule is O=P(O)(O)CP(=O)(O)OC[C@H]1O[C@@H](n2cnc3c(N4CCC5(CCCCC5)C4)nc(Cl)nc32)[C@@H](O)[C@H]1O. The Kier molecular flexibility index (Phi) is 7.47. The topological polar surface area (TPSA) is 201 Å². The summed E-state index contributed by atoms with van der Waals surface area (Å²) < 4.78 is 34.9. The molecule has 1 saturated carbocycles. The van der Waals surface area contributed by atoms with Gasteiger partial charge in [0.25, 0.3) is 0 Å². The van der Waals surface area contributed by atoms with Crippen LogP contribution in [0.5, 0.6) is 0 Å². The molecular formula is C20H30ClN5O9P2. The van der Waals surface area contributed by atoms with Crippen LogP contribution in [0.4, 0.5) is 5.82 Å². The van der Waals surface area contributed by atoms with Crippen molar-refractivity contribution in [2.45, 2.75) is 63.1 Å². The minimum atomic E-state index is -4.82. The first kappa shape index (κ1) is 27.4. The Labute approximate surface area is 217 Å². The first-order chi connectivity index (χ1) is 17.4. The van der Waals surface area contributed by atoms with E-state index in [9.17, 15) is 24.2 Å². The van der Waals surface area contributed by atoms with Crippen LogP contribution in [0.1, 0.15) is 44.8 Å². The quantitative estimate of drug-likeness (QED) is 0.233. The van der Waals surface area contributed by atoms with Gasteiger partial charge < -0.3 is 39.1 Å². The molecule has 4 heterocycles. The molecule has 1 unspecified atom stereocenters. The van der Waals surface area contributed by atoms with E-state index in [1.165, 1.54) is 43.0 Å². The highest BCUT2D eigenvalue weighted by Crippen LogP contribution is 2.55. The minimum absolute atomic E-state index is 0.0135. The van der Waals surface area contributed by atoms with Gasteiger partial charge in [-0.15, -0.1) is 0 Å². The lowest BCUT2D eigenvalue weighted by Crippen LogP contribution is -2.33. The van der Waals surface area contributed by atoms with Crippen LogP contribution in [0, 0.1) is 5.41 Å². The second-order valence-corrected chi connectivity index (χ2v) is 14.5. The molecule has 5 rings (SSSR count). The second-order valence-electron chi connectivity index (χ2n) is 10.2. The molecule has 2 aromatic rings. The predicted molar refractivity (Wildman–Crippen MR) is 131 cm³/mol. The van der Waals surface area contributed by atoms with Gasteiger partial charge in [-0.05, 0) is 36.3 Å². The molecule has 2 saturated heterocycles. The van der Waals surface area contributed by atoms with E-state index in [2.05, 4.69) is 19.9 Å². The molecule has 14 nitrogen and oxygen atoms in total. The van der Waals surface area contributed by atoms with Crippen LogP contribution >= 0.6 is 26.8 Å². The van der Waals surface area contributed by atoms with Crippen molar-refractivity contribution in [1.29, 1.82) is 0 Å². The Morgan fingerprint density at radius 3 is 2.54 bits per heavy atom. The normalized spacial score (nSPS) is 29.8. The maximum Gasteiger partial charge on any atom is 0.340 e. The third-order valence-electron chi connectivity index (χ3n) is 7.44. The molecule has 0 amide bonds. The fraction of sp³-hybridized carbons (Fsp3) is 0.750. The lowest BCUT2D eigenvalue weighted by Gasteiger charge is -2.33. The summed E-state index contributed by atoms with van der Waals surface area (Å²) in [5.74, 6) is -0.792. The number of halogens is 1. The minimum Gasteiger partial charge on any atom is -0.387 e. The van der Waals surface area contributed by atoms with Crippen LogP contribution in [0.3, 0.4) is 0 Å². The summed E-state index contributed by atoms with van der Waals surface area (Å²) in [5.41, 5.74) is 1.01. The van der Waals surface area contributed by atoms with Crippen molar-refractivity contribution in [3.05, 3.63) is 11.6 Å². The molecule has 2 aromatic heterocycles. The third-order valence-corrected chi connectivity index (χ3v) is 11.1. The van der Waals surface area contributed by atoms with Crippen molar-refractivity contribution in [1.82, 2.24) is 19.5 Å². The summed E-state index contributed by atoms with van der Waals surface area (Å²) in [6, 6.07) is 0. The third kappa shape index (κ3) is 5.74. The largest absolute Gasteiger partial charge is 0.387 e. The summed E-state index contributed by atoms with van der Waals surface area (Å²) in [7, 11) is -9.49. The number of hydrogen-bond acceptors (Lipinski definition) is 10. The molecule has 0 bridgehead atoms. The number of fused-ring (bicyclic) bond motifs is 1. The lowest BCUT2D eigenvalue weighted by atomic mass is 9.73. The average molecular weight is 582 g/mol. The highest BCUT2D eigenvalue weighted by molar-refractivity contribution is 7.70. The summed E-state index contributed by atoms with van der Waals surface area (Å²) in [6.45, 7) is 0.969. The highest BCUT2D eigenvalue weighted by atomic mass is 35.5. The van der Waals surface area contributed by atoms with Crippen LogP contribution in [0.2, 0.25) is 5.28 Å². The molecule has 3 aliphatic rings. The van der Waals surface area contributed by atoms with Crippen molar-refractivity contribution in [3.63, 3.8) is 0 Å². The van der Waals surface area contributed by atoms with Crippen molar-refractivity contribution in [2.24, 2.45) is 5.41 Å². The summed E-state index contributed by atoms with van der Waals surface area (Å²) in [5, 5.41) is 21.1. The van der Waals surface area contributed by atoms with Crippen molar-refractivity contribution < 1.29 is 43.3 Å². The number of rotatable bonds is 7. The average Bonchev–Trinajstić information content (AvgIpc) is 3.48. The Bertz CT molecular complexity index is 1250. The molecule has 5 atom stereocenters. The van der Waals surface area contributed by atoms with Gasteiger partial charge in [-0.3, -0.25) is 13.7 Å². The summed E-state index contributed by atoms with van der Waals surface area (Å²) >= 11 is 6.28. The Morgan fingerprint density at radius 2 is 1.84 bits per heavy atom. The van der Waals surface area contributed by atoms with Gasteiger partial charge in [-0.2, -0.15) is 9.97 Å². The van der Waals surface area contributed by atoms with Gasteiger partial charge >= 0.3 is 15.2 Å². The lowest BCUT2D eigenvalue weighted by molar-refractivity contribution is -0.0483. The van der Waals surface area contributed by atoms with Crippen LogP contribution in [0.15, 0.2) is 6.33 Å². The molecule has 5 N–H and O–H groups in total. The second kappa shape index (κ2) is 10.1. The molecule has 0 aromatic carbocycles. The van der Waals surface area contributed by atoms with Crippen molar-refractivity contribution in [3.8, 4) is 0 Å². The van der Waals surface area contributed by atoms with Crippen LogP contribution in [-0.2, 0) is 18.4 Å². The van der Waals surface area contributed by atoms with E-state index in [4.69, 9.17) is 30.6 Å². The van der Waals surface area contributed by atoms with Crippen molar-refractivity contribution in [2.75, 3.05) is 30.5 Å². The highest BCUT2D eigenvalue weighted by Gasteiger charge is 2.46. The van der Waals surface area contributed by atoms with Crippen LogP contribution < -0.4 is 4.90 Å². The van der Waals surface area contributed by atoms with Crippen molar-refractivity contribution >= 4 is 43.8 Å². The molecule has 2 aliphatic heterocycles. The van der Waals surface area contributed by atoms with E-state index in [0.29, 0.717) is 11.3 Å².